The third kappa shape index (κ3) is 3.77. The molecule has 1 atom stereocenters. The quantitative estimate of drug-likeness (QED) is 0.842. The Kier molecular flexibility index (Phi) is 5.65. The molecule has 0 amide bonds. The van der Waals surface area contributed by atoms with Crippen LogP contribution in [0.25, 0.3) is 0 Å². The molecule has 0 heterocycles. The first-order valence-electron chi connectivity index (χ1n) is 6.90. The van der Waals surface area contributed by atoms with E-state index >= 15 is 0 Å². The molecule has 1 unspecified atom stereocenters. The topological polar surface area (TPSA) is 38.7 Å². The van der Waals surface area contributed by atoms with Gasteiger partial charge < -0.3 is 14.6 Å². The minimum Gasteiger partial charge on any atom is -0.497 e. The van der Waals surface area contributed by atoms with Crippen molar-refractivity contribution in [2.75, 3.05) is 13.7 Å². The highest BCUT2D eigenvalue weighted by molar-refractivity contribution is 9.10. The van der Waals surface area contributed by atoms with Crippen molar-refractivity contribution in [2.24, 2.45) is 0 Å². The summed E-state index contributed by atoms with van der Waals surface area (Å²) in [6.07, 6.45) is 0.148. The number of benzene rings is 2. The van der Waals surface area contributed by atoms with E-state index in [0.29, 0.717) is 18.1 Å². The van der Waals surface area contributed by atoms with Crippen molar-refractivity contribution >= 4 is 15.9 Å². The Morgan fingerprint density at radius 2 is 1.90 bits per heavy atom. The second-order valence-electron chi connectivity index (χ2n) is 4.68. The Hall–Kier alpha value is -1.52. The van der Waals surface area contributed by atoms with Crippen molar-refractivity contribution in [1.82, 2.24) is 0 Å². The number of hydrogen-bond acceptors (Lipinski definition) is 3. The summed E-state index contributed by atoms with van der Waals surface area (Å²) in [5, 5.41) is 10.7. The average Bonchev–Trinajstić information content (AvgIpc) is 2.53. The zero-order valence-electron chi connectivity index (χ0n) is 12.2. The first-order valence-corrected chi connectivity index (χ1v) is 7.70. The lowest BCUT2D eigenvalue weighted by Crippen LogP contribution is -2.05. The lowest BCUT2D eigenvalue weighted by atomic mass is 10.0. The van der Waals surface area contributed by atoms with Crippen LogP contribution in [0.4, 0.5) is 0 Å². The van der Waals surface area contributed by atoms with Crippen molar-refractivity contribution in [3.8, 4) is 11.5 Å². The molecule has 0 fully saturated rings. The summed E-state index contributed by atoms with van der Waals surface area (Å²) in [5.41, 5.74) is 1.50. The highest BCUT2D eigenvalue weighted by Crippen LogP contribution is 2.35. The molecule has 2 aromatic rings. The normalized spacial score (nSPS) is 12.0. The van der Waals surface area contributed by atoms with Gasteiger partial charge in [-0.1, -0.05) is 41.1 Å². The maximum Gasteiger partial charge on any atom is 0.125 e. The van der Waals surface area contributed by atoms with Crippen molar-refractivity contribution in [1.29, 1.82) is 0 Å². The molecule has 2 aromatic carbocycles. The Labute approximate surface area is 133 Å². The van der Waals surface area contributed by atoms with E-state index in [9.17, 15) is 5.11 Å². The van der Waals surface area contributed by atoms with E-state index in [1.54, 1.807) is 7.11 Å². The van der Waals surface area contributed by atoms with Crippen LogP contribution in [0.5, 0.6) is 11.5 Å². The third-order valence-corrected chi connectivity index (χ3v) is 3.90. The van der Waals surface area contributed by atoms with Gasteiger partial charge in [-0.3, -0.25) is 0 Å². The Bertz CT molecular complexity index is 598. The molecule has 0 bridgehead atoms. The van der Waals surface area contributed by atoms with Crippen molar-refractivity contribution in [3.63, 3.8) is 0 Å². The van der Waals surface area contributed by atoms with E-state index in [4.69, 9.17) is 9.47 Å². The number of hydrogen-bond donors (Lipinski definition) is 1. The highest BCUT2D eigenvalue weighted by Gasteiger charge is 2.18. The lowest BCUT2D eigenvalue weighted by molar-refractivity contribution is 0.209. The van der Waals surface area contributed by atoms with Crippen molar-refractivity contribution < 1.29 is 14.6 Å². The maximum absolute atomic E-state index is 10.7. The smallest absolute Gasteiger partial charge is 0.125 e. The molecule has 0 aliphatic carbocycles. The molecular formula is C17H19BrO3. The molecule has 21 heavy (non-hydrogen) atoms. The molecule has 0 saturated carbocycles. The van der Waals surface area contributed by atoms with Gasteiger partial charge in [-0.05, 0) is 30.7 Å². The fourth-order valence-electron chi connectivity index (χ4n) is 2.08. The number of halogens is 1. The van der Waals surface area contributed by atoms with Crippen LogP contribution in [0.1, 0.15) is 30.6 Å². The monoisotopic (exact) mass is 350 g/mol. The van der Waals surface area contributed by atoms with E-state index in [0.717, 1.165) is 22.0 Å². The summed E-state index contributed by atoms with van der Waals surface area (Å²) in [4.78, 5) is 0. The van der Waals surface area contributed by atoms with E-state index < -0.39 is 6.10 Å². The third-order valence-electron chi connectivity index (χ3n) is 3.17. The molecule has 0 aliphatic heterocycles. The van der Waals surface area contributed by atoms with Gasteiger partial charge in [-0.2, -0.15) is 0 Å². The SMILES string of the molecule is CCCOc1ccccc1C(O)c1cc(OC)ccc1Br. The molecule has 0 saturated heterocycles. The fourth-order valence-corrected chi connectivity index (χ4v) is 2.54. The summed E-state index contributed by atoms with van der Waals surface area (Å²) >= 11 is 3.48. The van der Waals surface area contributed by atoms with Crippen molar-refractivity contribution in [2.45, 2.75) is 19.4 Å². The van der Waals surface area contributed by atoms with Gasteiger partial charge in [-0.15, -0.1) is 0 Å². The Morgan fingerprint density at radius 1 is 1.14 bits per heavy atom. The largest absolute Gasteiger partial charge is 0.497 e. The van der Waals surface area contributed by atoms with Crippen LogP contribution in [0.3, 0.4) is 0 Å². The minimum absolute atomic E-state index is 0.628. The van der Waals surface area contributed by atoms with E-state index in [-0.39, 0.29) is 0 Å². The predicted molar refractivity (Wildman–Crippen MR) is 87.0 cm³/mol. The zero-order valence-corrected chi connectivity index (χ0v) is 13.8. The Morgan fingerprint density at radius 3 is 2.62 bits per heavy atom. The molecule has 4 heteroatoms. The highest BCUT2D eigenvalue weighted by atomic mass is 79.9. The molecule has 1 N–H and O–H groups in total. The predicted octanol–water partition coefficient (Wildman–Crippen LogP) is 4.33. The van der Waals surface area contributed by atoms with Gasteiger partial charge in [-0.25, -0.2) is 0 Å². The summed E-state index contributed by atoms with van der Waals surface area (Å²) in [7, 11) is 1.61. The molecule has 0 spiro atoms. The van der Waals surface area contributed by atoms with Gasteiger partial charge in [0.1, 0.15) is 17.6 Å². The summed E-state index contributed by atoms with van der Waals surface area (Å²) in [6.45, 7) is 2.68. The molecule has 0 aliphatic rings. The summed E-state index contributed by atoms with van der Waals surface area (Å²) in [5.74, 6) is 1.42. The van der Waals surface area contributed by atoms with E-state index in [1.807, 2.05) is 42.5 Å². The van der Waals surface area contributed by atoms with Gasteiger partial charge in [0.25, 0.3) is 0 Å². The summed E-state index contributed by atoms with van der Waals surface area (Å²) in [6, 6.07) is 13.1. The van der Waals surface area contributed by atoms with Gasteiger partial charge in [0.2, 0.25) is 0 Å². The molecule has 3 nitrogen and oxygen atoms in total. The second-order valence-corrected chi connectivity index (χ2v) is 5.53. The van der Waals surface area contributed by atoms with Gasteiger partial charge in [0.05, 0.1) is 13.7 Å². The number of ether oxygens (including phenoxy) is 2. The van der Waals surface area contributed by atoms with Gasteiger partial charge in [0.15, 0.2) is 0 Å². The average molecular weight is 351 g/mol. The van der Waals surface area contributed by atoms with Crippen LogP contribution in [0.2, 0.25) is 0 Å². The lowest BCUT2D eigenvalue weighted by Gasteiger charge is -2.18. The van der Waals surface area contributed by atoms with E-state index in [2.05, 4.69) is 22.9 Å². The standard InChI is InChI=1S/C17H19BrO3/c1-3-10-21-16-7-5-4-6-13(16)17(19)14-11-12(20-2)8-9-15(14)18/h4-9,11,17,19H,3,10H2,1-2H3. The van der Waals surface area contributed by atoms with E-state index in [1.165, 1.54) is 0 Å². The minimum atomic E-state index is -0.775. The summed E-state index contributed by atoms with van der Waals surface area (Å²) < 4.78 is 11.8. The van der Waals surface area contributed by atoms with Crippen molar-refractivity contribution in [3.05, 3.63) is 58.1 Å². The number of aliphatic hydroxyl groups excluding tert-OH is 1. The van der Waals surface area contributed by atoms with Crippen LogP contribution in [-0.4, -0.2) is 18.8 Å². The van der Waals surface area contributed by atoms with Crippen LogP contribution in [0.15, 0.2) is 46.9 Å². The fraction of sp³-hybridized carbons (Fsp3) is 0.294. The molecule has 0 aromatic heterocycles. The number of para-hydroxylation sites is 1. The Balaban J connectivity index is 2.37. The van der Waals surface area contributed by atoms with Gasteiger partial charge >= 0.3 is 0 Å². The number of rotatable bonds is 6. The number of aliphatic hydroxyl groups is 1. The first-order chi connectivity index (χ1) is 10.2. The maximum atomic E-state index is 10.7. The van der Waals surface area contributed by atoms with Gasteiger partial charge in [0, 0.05) is 15.6 Å². The van der Waals surface area contributed by atoms with Crippen LogP contribution < -0.4 is 9.47 Å². The second kappa shape index (κ2) is 7.48. The zero-order chi connectivity index (χ0) is 15.2. The molecular weight excluding hydrogens is 332 g/mol. The van der Waals surface area contributed by atoms with Crippen LogP contribution in [0, 0.1) is 0 Å². The molecule has 0 radical (unpaired) electrons. The van der Waals surface area contributed by atoms with Crippen LogP contribution >= 0.6 is 15.9 Å². The number of methoxy groups -OCH3 is 1. The molecule has 112 valence electrons. The molecule has 2 rings (SSSR count). The first kappa shape index (κ1) is 15.9. The van der Waals surface area contributed by atoms with Crippen LogP contribution in [-0.2, 0) is 0 Å².